The van der Waals surface area contributed by atoms with E-state index >= 15 is 0 Å². The molecule has 1 nitrogen and oxygen atoms in total. The van der Waals surface area contributed by atoms with Crippen LogP contribution in [-0.4, -0.2) is 0 Å². The first-order valence-corrected chi connectivity index (χ1v) is 8.59. The van der Waals surface area contributed by atoms with E-state index in [2.05, 4.69) is 90.9 Å². The average Bonchev–Trinajstić information content (AvgIpc) is 2.69. The van der Waals surface area contributed by atoms with Crippen LogP contribution in [0.3, 0.4) is 0 Å². The minimum absolute atomic E-state index is 0.888. The van der Waals surface area contributed by atoms with Gasteiger partial charge >= 0.3 is 0 Å². The number of rotatable bonds is 7. The van der Waals surface area contributed by atoms with Crippen LogP contribution in [0.4, 0.5) is 11.4 Å². The van der Waals surface area contributed by atoms with Crippen molar-refractivity contribution < 1.29 is 0 Å². The molecule has 0 aliphatic heterocycles. The topological polar surface area (TPSA) is 3.24 Å². The summed E-state index contributed by atoms with van der Waals surface area (Å²) in [7, 11) is 0. The van der Waals surface area contributed by atoms with Gasteiger partial charge < -0.3 is 4.90 Å². The Morgan fingerprint density at radius 1 is 0.720 bits per heavy atom. The zero-order chi connectivity index (χ0) is 17.5. The quantitative estimate of drug-likeness (QED) is 0.424. The first kappa shape index (κ1) is 16.8. The Bertz CT molecular complexity index is 817. The van der Waals surface area contributed by atoms with E-state index in [1.54, 1.807) is 0 Å². The Kier molecular flexibility index (Phi) is 5.48. The molecule has 0 aromatic heterocycles. The normalized spacial score (nSPS) is 10.2. The van der Waals surface area contributed by atoms with Gasteiger partial charge in [0.05, 0.1) is 0 Å². The molecule has 0 saturated carbocycles. The number of anilines is 2. The summed E-state index contributed by atoms with van der Waals surface area (Å²) in [5.74, 6) is 0. The molecule has 0 heterocycles. The van der Waals surface area contributed by atoms with Crippen molar-refractivity contribution in [2.75, 3.05) is 4.90 Å². The van der Waals surface area contributed by atoms with Crippen LogP contribution in [0, 0.1) is 0 Å². The molecule has 0 N–H and O–H groups in total. The molecule has 0 radical (unpaired) electrons. The van der Waals surface area contributed by atoms with Crippen molar-refractivity contribution in [3.63, 3.8) is 0 Å². The summed E-state index contributed by atoms with van der Waals surface area (Å²) in [5, 5.41) is 0. The molecule has 0 spiro atoms. The largest absolute Gasteiger partial charge is 0.315 e. The molecule has 0 atom stereocenters. The van der Waals surface area contributed by atoms with Gasteiger partial charge in [-0.15, -0.1) is 6.58 Å². The second-order valence-electron chi connectivity index (χ2n) is 5.98. The van der Waals surface area contributed by atoms with Crippen molar-refractivity contribution in [3.8, 4) is 11.1 Å². The Morgan fingerprint density at radius 3 is 1.84 bits per heavy atom. The molecule has 25 heavy (non-hydrogen) atoms. The fraction of sp³-hybridized carbons (Fsp3) is 0.0833. The Balaban J connectivity index is 1.93. The molecule has 0 aliphatic rings. The maximum Gasteiger partial charge on any atom is 0.0458 e. The summed E-state index contributed by atoms with van der Waals surface area (Å²) in [4.78, 5) is 2.22. The second kappa shape index (κ2) is 8.16. The van der Waals surface area contributed by atoms with Crippen LogP contribution in [0.1, 0.15) is 12.8 Å². The number of benzene rings is 3. The van der Waals surface area contributed by atoms with E-state index in [-0.39, 0.29) is 0 Å². The summed E-state index contributed by atoms with van der Waals surface area (Å²) < 4.78 is 0. The predicted octanol–water partition coefficient (Wildman–Crippen LogP) is 6.97. The summed E-state index contributed by atoms with van der Waals surface area (Å²) in [6.07, 6.45) is 3.75. The summed E-state index contributed by atoms with van der Waals surface area (Å²) in [6, 6.07) is 29.5. The van der Waals surface area contributed by atoms with Crippen molar-refractivity contribution in [2.24, 2.45) is 0 Å². The van der Waals surface area contributed by atoms with Gasteiger partial charge in [-0.2, -0.15) is 0 Å². The molecule has 0 bridgehead atoms. The number of para-hydroxylation sites is 1. The SMILES string of the molecule is C=CCCC(=C)N(c1ccccc1)c1ccc(-c2ccccc2)cc1. The van der Waals surface area contributed by atoms with E-state index in [0.29, 0.717) is 0 Å². The van der Waals surface area contributed by atoms with E-state index in [1.807, 2.05) is 18.2 Å². The maximum absolute atomic E-state index is 4.30. The number of hydrogen-bond acceptors (Lipinski definition) is 1. The van der Waals surface area contributed by atoms with Crippen LogP contribution < -0.4 is 4.90 Å². The van der Waals surface area contributed by atoms with E-state index in [0.717, 1.165) is 29.9 Å². The number of nitrogens with zero attached hydrogens (tertiary/aromatic N) is 1. The van der Waals surface area contributed by atoms with E-state index in [4.69, 9.17) is 0 Å². The third-order valence-electron chi connectivity index (χ3n) is 4.20. The standard InChI is InChI=1S/C24H23N/c1-3-4-11-20(2)25(23-14-9-6-10-15-23)24-18-16-22(17-19-24)21-12-7-5-8-13-21/h3,5-10,12-19H,1-2,4,11H2. The van der Waals surface area contributed by atoms with Crippen molar-refractivity contribution >= 4 is 11.4 Å². The zero-order valence-electron chi connectivity index (χ0n) is 14.4. The predicted molar refractivity (Wildman–Crippen MR) is 109 cm³/mol. The Morgan fingerprint density at radius 2 is 1.24 bits per heavy atom. The summed E-state index contributed by atoms with van der Waals surface area (Å²) in [5.41, 5.74) is 5.77. The molecule has 3 aromatic rings. The maximum atomic E-state index is 4.30. The molecule has 124 valence electrons. The van der Waals surface area contributed by atoms with Crippen molar-refractivity contribution in [1.29, 1.82) is 0 Å². The lowest BCUT2D eigenvalue weighted by Gasteiger charge is -2.27. The van der Waals surface area contributed by atoms with Gasteiger partial charge in [0.2, 0.25) is 0 Å². The second-order valence-corrected chi connectivity index (χ2v) is 5.98. The minimum Gasteiger partial charge on any atom is -0.315 e. The summed E-state index contributed by atoms with van der Waals surface area (Å²) in [6.45, 7) is 8.13. The van der Waals surface area contributed by atoms with E-state index in [9.17, 15) is 0 Å². The van der Waals surface area contributed by atoms with Crippen molar-refractivity contribution in [2.45, 2.75) is 12.8 Å². The highest BCUT2D eigenvalue weighted by Crippen LogP contribution is 2.32. The highest BCUT2D eigenvalue weighted by atomic mass is 15.1. The number of allylic oxidation sites excluding steroid dienone is 2. The van der Waals surface area contributed by atoms with Crippen LogP contribution >= 0.6 is 0 Å². The van der Waals surface area contributed by atoms with E-state index < -0.39 is 0 Å². The molecular weight excluding hydrogens is 302 g/mol. The molecule has 1 heteroatoms. The fourth-order valence-corrected chi connectivity index (χ4v) is 2.91. The molecule has 0 unspecified atom stereocenters. The van der Waals surface area contributed by atoms with Gasteiger partial charge in [-0.1, -0.05) is 73.3 Å². The minimum atomic E-state index is 0.888. The first-order valence-electron chi connectivity index (χ1n) is 8.59. The molecule has 0 amide bonds. The zero-order valence-corrected chi connectivity index (χ0v) is 14.4. The van der Waals surface area contributed by atoms with Crippen LogP contribution in [0.5, 0.6) is 0 Å². The lowest BCUT2D eigenvalue weighted by Crippen LogP contribution is -2.15. The molecule has 0 fully saturated rings. The average molecular weight is 325 g/mol. The van der Waals surface area contributed by atoms with Crippen LogP contribution in [0.25, 0.3) is 11.1 Å². The molecule has 0 saturated heterocycles. The Labute approximate surface area is 150 Å². The highest BCUT2D eigenvalue weighted by molar-refractivity contribution is 5.72. The Hall–Kier alpha value is -3.06. The first-order chi connectivity index (χ1) is 12.3. The van der Waals surface area contributed by atoms with Gasteiger partial charge in [-0.05, 0) is 48.2 Å². The monoisotopic (exact) mass is 325 g/mol. The van der Waals surface area contributed by atoms with E-state index in [1.165, 1.54) is 11.1 Å². The number of hydrogen-bond donors (Lipinski definition) is 0. The van der Waals surface area contributed by atoms with Crippen LogP contribution in [-0.2, 0) is 0 Å². The molecule has 0 aliphatic carbocycles. The van der Waals surface area contributed by atoms with Crippen LogP contribution in [0.2, 0.25) is 0 Å². The van der Waals surface area contributed by atoms with Gasteiger partial charge in [0, 0.05) is 17.1 Å². The summed E-state index contributed by atoms with van der Waals surface area (Å²) >= 11 is 0. The van der Waals surface area contributed by atoms with Gasteiger partial charge in [0.25, 0.3) is 0 Å². The molecular formula is C24H23N. The van der Waals surface area contributed by atoms with Gasteiger partial charge in [0.15, 0.2) is 0 Å². The fourth-order valence-electron chi connectivity index (χ4n) is 2.91. The highest BCUT2D eigenvalue weighted by Gasteiger charge is 2.12. The van der Waals surface area contributed by atoms with Gasteiger partial charge in [-0.3, -0.25) is 0 Å². The third kappa shape index (κ3) is 4.07. The molecule has 3 aromatic carbocycles. The lowest BCUT2D eigenvalue weighted by atomic mass is 10.0. The smallest absolute Gasteiger partial charge is 0.0458 e. The van der Waals surface area contributed by atoms with Crippen molar-refractivity contribution in [3.05, 3.63) is 110 Å². The molecule has 3 rings (SSSR count). The van der Waals surface area contributed by atoms with Crippen LogP contribution in [0.15, 0.2) is 110 Å². The van der Waals surface area contributed by atoms with Gasteiger partial charge in [-0.25, -0.2) is 0 Å². The van der Waals surface area contributed by atoms with Crippen molar-refractivity contribution in [1.82, 2.24) is 0 Å². The third-order valence-corrected chi connectivity index (χ3v) is 4.20. The van der Waals surface area contributed by atoms with Gasteiger partial charge in [0.1, 0.15) is 0 Å². The lowest BCUT2D eigenvalue weighted by molar-refractivity contribution is 0.940.